The number of unbranched alkanes of at least 4 members (excludes halogenated alkanes) is 1. The molecular formula is C15H28N6O6S. The number of thiol groups is 1. The van der Waals surface area contributed by atoms with Crippen molar-refractivity contribution in [3.63, 3.8) is 0 Å². The number of nitrogens with two attached hydrogens (primary N) is 3. The summed E-state index contributed by atoms with van der Waals surface area (Å²) in [6, 6.07) is -3.52. The van der Waals surface area contributed by atoms with E-state index in [1.165, 1.54) is 0 Å². The molecule has 160 valence electrons. The standard InChI is InChI=1S/C15H28N6O6S/c16-4-2-1-3-8(17)13(24)19-6-12(23)20-9(5-11(18)22)14(25)21-10(7-28)15(26)27/h8-10,28H,1-7,16-17H2,(H2,18,22)(H,19,24)(H,20,23)(H,21,25)(H,26,27). The molecule has 0 saturated heterocycles. The van der Waals surface area contributed by atoms with Gasteiger partial charge in [0.25, 0.3) is 0 Å². The van der Waals surface area contributed by atoms with E-state index in [2.05, 4.69) is 28.6 Å². The Labute approximate surface area is 167 Å². The number of amides is 4. The van der Waals surface area contributed by atoms with E-state index in [0.29, 0.717) is 19.4 Å². The van der Waals surface area contributed by atoms with E-state index in [1.54, 1.807) is 0 Å². The maximum atomic E-state index is 12.1. The van der Waals surface area contributed by atoms with Gasteiger partial charge in [0.05, 0.1) is 19.0 Å². The van der Waals surface area contributed by atoms with Crippen molar-refractivity contribution in [1.29, 1.82) is 0 Å². The Kier molecular flexibility index (Phi) is 12.6. The molecule has 0 aliphatic heterocycles. The van der Waals surface area contributed by atoms with Crippen LogP contribution in [0.25, 0.3) is 0 Å². The van der Waals surface area contributed by atoms with E-state index in [-0.39, 0.29) is 5.75 Å². The topological polar surface area (TPSA) is 220 Å². The number of carboxylic acids is 1. The predicted octanol–water partition coefficient (Wildman–Crippen LogP) is -3.58. The molecule has 12 nitrogen and oxygen atoms in total. The quantitative estimate of drug-likeness (QED) is 0.103. The second-order valence-electron chi connectivity index (χ2n) is 5.98. The third kappa shape index (κ3) is 10.7. The SMILES string of the molecule is NCCCCC(N)C(=O)NCC(=O)NC(CC(N)=O)C(=O)NC(CS)C(=O)O. The number of primary amides is 1. The summed E-state index contributed by atoms with van der Waals surface area (Å²) in [6.07, 6.45) is 1.23. The third-order valence-corrected chi connectivity index (χ3v) is 3.95. The van der Waals surface area contributed by atoms with Crippen molar-refractivity contribution in [3.8, 4) is 0 Å². The summed E-state index contributed by atoms with van der Waals surface area (Å²) in [7, 11) is 0. The molecule has 13 heteroatoms. The maximum Gasteiger partial charge on any atom is 0.327 e. The fourth-order valence-corrected chi connectivity index (χ4v) is 2.30. The molecule has 3 atom stereocenters. The Balaban J connectivity index is 4.68. The number of carbonyl (C=O) groups excluding carboxylic acids is 4. The average molecular weight is 420 g/mol. The molecule has 0 aromatic heterocycles. The van der Waals surface area contributed by atoms with Gasteiger partial charge in [-0.25, -0.2) is 4.79 Å². The highest BCUT2D eigenvalue weighted by atomic mass is 32.1. The van der Waals surface area contributed by atoms with Crippen LogP contribution in [0.1, 0.15) is 25.7 Å². The van der Waals surface area contributed by atoms with Gasteiger partial charge < -0.3 is 38.3 Å². The zero-order chi connectivity index (χ0) is 21.7. The first-order chi connectivity index (χ1) is 13.1. The molecule has 4 amide bonds. The number of hydrogen-bond acceptors (Lipinski definition) is 8. The molecule has 3 unspecified atom stereocenters. The number of nitrogens with one attached hydrogen (secondary N) is 3. The van der Waals surface area contributed by atoms with Crippen LogP contribution in [-0.4, -0.2) is 71.7 Å². The monoisotopic (exact) mass is 420 g/mol. The molecule has 0 spiro atoms. The minimum absolute atomic E-state index is 0.198. The number of carbonyl (C=O) groups is 5. The Hall–Kier alpha value is -2.38. The molecule has 0 aliphatic rings. The van der Waals surface area contributed by atoms with E-state index in [4.69, 9.17) is 22.3 Å². The van der Waals surface area contributed by atoms with Gasteiger partial charge >= 0.3 is 5.97 Å². The van der Waals surface area contributed by atoms with Gasteiger partial charge in [0.15, 0.2) is 0 Å². The predicted molar refractivity (Wildman–Crippen MR) is 103 cm³/mol. The number of aliphatic carboxylic acids is 1. The Morgan fingerprint density at radius 1 is 1.00 bits per heavy atom. The Morgan fingerprint density at radius 2 is 1.64 bits per heavy atom. The van der Waals surface area contributed by atoms with Gasteiger partial charge in [0.1, 0.15) is 12.1 Å². The van der Waals surface area contributed by atoms with E-state index in [0.717, 1.165) is 6.42 Å². The van der Waals surface area contributed by atoms with Crippen LogP contribution in [0.3, 0.4) is 0 Å². The van der Waals surface area contributed by atoms with Crippen molar-refractivity contribution in [1.82, 2.24) is 16.0 Å². The van der Waals surface area contributed by atoms with Crippen LogP contribution in [0.5, 0.6) is 0 Å². The van der Waals surface area contributed by atoms with Crippen LogP contribution in [-0.2, 0) is 24.0 Å². The second-order valence-corrected chi connectivity index (χ2v) is 6.35. The third-order valence-electron chi connectivity index (χ3n) is 3.58. The summed E-state index contributed by atoms with van der Waals surface area (Å²) < 4.78 is 0. The van der Waals surface area contributed by atoms with Gasteiger partial charge in [0, 0.05) is 5.75 Å². The first-order valence-corrected chi connectivity index (χ1v) is 9.20. The van der Waals surface area contributed by atoms with Crippen molar-refractivity contribution in [3.05, 3.63) is 0 Å². The van der Waals surface area contributed by atoms with Gasteiger partial charge in [-0.1, -0.05) is 6.42 Å². The van der Waals surface area contributed by atoms with Gasteiger partial charge in [0.2, 0.25) is 23.6 Å². The minimum atomic E-state index is -1.40. The van der Waals surface area contributed by atoms with E-state index in [9.17, 15) is 24.0 Å². The summed E-state index contributed by atoms with van der Waals surface area (Å²) in [4.78, 5) is 58.0. The zero-order valence-corrected chi connectivity index (χ0v) is 16.2. The van der Waals surface area contributed by atoms with Crippen molar-refractivity contribution in [2.45, 2.75) is 43.8 Å². The molecule has 28 heavy (non-hydrogen) atoms. The fraction of sp³-hybridized carbons (Fsp3) is 0.667. The van der Waals surface area contributed by atoms with Gasteiger partial charge in [-0.3, -0.25) is 19.2 Å². The zero-order valence-electron chi connectivity index (χ0n) is 15.3. The highest BCUT2D eigenvalue weighted by Gasteiger charge is 2.27. The highest BCUT2D eigenvalue weighted by molar-refractivity contribution is 7.80. The number of hydrogen-bond donors (Lipinski definition) is 8. The lowest BCUT2D eigenvalue weighted by atomic mass is 10.1. The lowest BCUT2D eigenvalue weighted by Crippen LogP contribution is -2.55. The molecule has 0 bridgehead atoms. The van der Waals surface area contributed by atoms with Crippen LogP contribution < -0.4 is 33.2 Å². The summed E-state index contributed by atoms with van der Waals surface area (Å²) in [5.41, 5.74) is 16.1. The molecule has 0 aromatic carbocycles. The van der Waals surface area contributed by atoms with Crippen LogP contribution in [0.15, 0.2) is 0 Å². The first-order valence-electron chi connectivity index (χ1n) is 8.57. The second kappa shape index (κ2) is 13.7. The smallest absolute Gasteiger partial charge is 0.327 e. The number of rotatable bonds is 14. The summed E-state index contributed by atoms with van der Waals surface area (Å²) in [5, 5.41) is 15.6. The molecule has 0 radical (unpaired) electrons. The van der Waals surface area contributed by atoms with Crippen LogP contribution >= 0.6 is 12.6 Å². The molecule has 0 rings (SSSR count). The normalized spacial score (nSPS) is 13.7. The van der Waals surface area contributed by atoms with Gasteiger partial charge in [-0.2, -0.15) is 12.6 Å². The van der Waals surface area contributed by atoms with Crippen molar-refractivity contribution < 1.29 is 29.1 Å². The fourth-order valence-electron chi connectivity index (χ4n) is 2.05. The lowest BCUT2D eigenvalue weighted by Gasteiger charge is -2.20. The van der Waals surface area contributed by atoms with Crippen molar-refractivity contribution in [2.75, 3.05) is 18.8 Å². The lowest BCUT2D eigenvalue weighted by molar-refractivity contribution is -0.141. The summed E-state index contributed by atoms with van der Waals surface area (Å²) >= 11 is 3.80. The minimum Gasteiger partial charge on any atom is -0.480 e. The Bertz CT molecular complexity index is 575. The summed E-state index contributed by atoms with van der Waals surface area (Å²) in [6.45, 7) is -0.00307. The molecule has 0 fully saturated rings. The van der Waals surface area contributed by atoms with Crippen LogP contribution in [0.4, 0.5) is 0 Å². The largest absolute Gasteiger partial charge is 0.480 e. The van der Waals surface area contributed by atoms with Crippen molar-refractivity contribution >= 4 is 42.2 Å². The van der Waals surface area contributed by atoms with Gasteiger partial charge in [-0.05, 0) is 19.4 Å². The van der Waals surface area contributed by atoms with Crippen molar-refractivity contribution in [2.24, 2.45) is 17.2 Å². The average Bonchev–Trinajstić information content (AvgIpc) is 2.62. The van der Waals surface area contributed by atoms with E-state index >= 15 is 0 Å². The van der Waals surface area contributed by atoms with E-state index in [1.807, 2.05) is 0 Å². The summed E-state index contributed by atoms with van der Waals surface area (Å²) in [5.74, 6) is -4.66. The maximum absolute atomic E-state index is 12.1. The molecular weight excluding hydrogens is 392 g/mol. The van der Waals surface area contributed by atoms with Gasteiger partial charge in [-0.15, -0.1) is 0 Å². The molecule has 0 aliphatic carbocycles. The van der Waals surface area contributed by atoms with Crippen LogP contribution in [0.2, 0.25) is 0 Å². The number of carboxylic acid groups (broad SMARTS) is 1. The van der Waals surface area contributed by atoms with E-state index < -0.39 is 60.7 Å². The molecule has 0 heterocycles. The highest BCUT2D eigenvalue weighted by Crippen LogP contribution is 1.98. The van der Waals surface area contributed by atoms with Crippen LogP contribution in [0, 0.1) is 0 Å². The molecule has 0 aromatic rings. The first kappa shape index (κ1) is 25.6. The molecule has 0 saturated carbocycles. The molecule has 10 N–H and O–H groups in total. The Morgan fingerprint density at radius 3 is 2.14 bits per heavy atom.